The van der Waals surface area contributed by atoms with E-state index in [1.165, 1.54) is 0 Å². The second-order valence-electron chi connectivity index (χ2n) is 6.84. The standard InChI is InChI=1S/C19H23ClF3NO3/c20-15-5-4-13(6-10-18(27)8-2-1-3-9-18)12-14(15)16(25)7-11-24-17(26)19(21,22)23/h4-6,10,12,16,25,27H,1-3,7-9,11H2,(H,24,26)/b10-6+. The first-order chi connectivity index (χ1) is 12.6. The molecule has 0 radical (unpaired) electrons. The lowest BCUT2D eigenvalue weighted by Crippen LogP contribution is -2.37. The second kappa shape index (κ2) is 9.08. The lowest BCUT2D eigenvalue weighted by Gasteiger charge is -2.28. The molecule has 4 nitrogen and oxygen atoms in total. The summed E-state index contributed by atoms with van der Waals surface area (Å²) in [6, 6.07) is 4.94. The highest BCUT2D eigenvalue weighted by Crippen LogP contribution is 2.31. The number of benzene rings is 1. The van der Waals surface area contributed by atoms with Crippen molar-refractivity contribution in [1.29, 1.82) is 0 Å². The molecular weight excluding hydrogens is 383 g/mol. The first kappa shape index (κ1) is 21.7. The van der Waals surface area contributed by atoms with Crippen molar-refractivity contribution in [3.8, 4) is 0 Å². The van der Waals surface area contributed by atoms with Gasteiger partial charge in [-0.15, -0.1) is 0 Å². The van der Waals surface area contributed by atoms with E-state index in [4.69, 9.17) is 11.6 Å². The molecule has 150 valence electrons. The molecule has 0 heterocycles. The van der Waals surface area contributed by atoms with Gasteiger partial charge in [-0.25, -0.2) is 0 Å². The molecule has 8 heteroatoms. The first-order valence-corrected chi connectivity index (χ1v) is 9.23. The molecule has 0 aromatic heterocycles. The Morgan fingerprint density at radius 1 is 1.30 bits per heavy atom. The molecule has 1 aliphatic rings. The average molecular weight is 406 g/mol. The number of alkyl halides is 3. The zero-order chi connectivity index (χ0) is 20.1. The molecule has 0 bridgehead atoms. The molecular formula is C19H23ClF3NO3. The molecule has 0 spiro atoms. The normalized spacial score (nSPS) is 18.4. The quantitative estimate of drug-likeness (QED) is 0.666. The molecule has 1 saturated carbocycles. The Bertz CT molecular complexity index is 685. The van der Waals surface area contributed by atoms with Crippen molar-refractivity contribution in [3.63, 3.8) is 0 Å². The monoisotopic (exact) mass is 405 g/mol. The van der Waals surface area contributed by atoms with Gasteiger partial charge in [0.05, 0.1) is 11.7 Å². The number of carbonyl (C=O) groups is 1. The van der Waals surface area contributed by atoms with E-state index in [0.29, 0.717) is 24.0 Å². The van der Waals surface area contributed by atoms with Crippen LogP contribution in [0.15, 0.2) is 24.3 Å². The van der Waals surface area contributed by atoms with Crippen LogP contribution in [-0.2, 0) is 4.79 Å². The van der Waals surface area contributed by atoms with Gasteiger partial charge in [-0.3, -0.25) is 4.79 Å². The molecule has 1 atom stereocenters. The smallest absolute Gasteiger partial charge is 0.388 e. The summed E-state index contributed by atoms with van der Waals surface area (Å²) in [5.74, 6) is -2.04. The molecule has 0 aliphatic heterocycles. The van der Waals surface area contributed by atoms with Gasteiger partial charge in [0.2, 0.25) is 0 Å². The van der Waals surface area contributed by atoms with Gasteiger partial charge in [-0.1, -0.05) is 49.1 Å². The summed E-state index contributed by atoms with van der Waals surface area (Å²) in [6.45, 7) is -0.338. The maximum atomic E-state index is 12.2. The molecule has 1 aliphatic carbocycles. The largest absolute Gasteiger partial charge is 0.471 e. The minimum Gasteiger partial charge on any atom is -0.388 e. The van der Waals surface area contributed by atoms with Crippen LogP contribution in [-0.4, -0.2) is 34.4 Å². The predicted molar refractivity (Wildman–Crippen MR) is 97.2 cm³/mol. The average Bonchev–Trinajstić information content (AvgIpc) is 2.60. The van der Waals surface area contributed by atoms with E-state index in [9.17, 15) is 28.2 Å². The molecule has 27 heavy (non-hydrogen) atoms. The van der Waals surface area contributed by atoms with Gasteiger partial charge in [0.15, 0.2) is 0 Å². The zero-order valence-electron chi connectivity index (χ0n) is 14.7. The minimum absolute atomic E-state index is 0.112. The SMILES string of the molecule is O=C(NCCC(O)c1cc(/C=C/C2(O)CCCCC2)ccc1Cl)C(F)(F)F. The van der Waals surface area contributed by atoms with Gasteiger partial charge in [0.25, 0.3) is 0 Å². The number of hydrogen-bond acceptors (Lipinski definition) is 3. The molecule has 0 saturated heterocycles. The Morgan fingerprint density at radius 2 is 1.96 bits per heavy atom. The number of nitrogens with one attached hydrogen (secondary N) is 1. The molecule has 1 amide bonds. The highest BCUT2D eigenvalue weighted by Gasteiger charge is 2.38. The van der Waals surface area contributed by atoms with Gasteiger partial charge in [-0.2, -0.15) is 13.2 Å². The molecule has 3 N–H and O–H groups in total. The third kappa shape index (κ3) is 6.52. The lowest BCUT2D eigenvalue weighted by molar-refractivity contribution is -0.173. The Balaban J connectivity index is 2.00. The summed E-state index contributed by atoms with van der Waals surface area (Å²) in [6.07, 6.45) is 1.75. The predicted octanol–water partition coefficient (Wildman–Crippen LogP) is 4.15. The fraction of sp³-hybridized carbons (Fsp3) is 0.526. The van der Waals surface area contributed by atoms with E-state index in [1.54, 1.807) is 35.7 Å². The Labute approximate surface area is 161 Å². The van der Waals surface area contributed by atoms with Crippen LogP contribution < -0.4 is 5.32 Å². The summed E-state index contributed by atoms with van der Waals surface area (Å²) in [4.78, 5) is 10.8. The van der Waals surface area contributed by atoms with E-state index in [0.717, 1.165) is 19.3 Å². The molecule has 1 aromatic carbocycles. The number of hydrogen-bond donors (Lipinski definition) is 3. The van der Waals surface area contributed by atoms with Crippen molar-refractivity contribution in [3.05, 3.63) is 40.4 Å². The highest BCUT2D eigenvalue weighted by atomic mass is 35.5. The van der Waals surface area contributed by atoms with Gasteiger partial charge >= 0.3 is 12.1 Å². The molecule has 1 unspecified atom stereocenters. The number of aliphatic hydroxyl groups excluding tert-OH is 1. The number of amides is 1. The van der Waals surface area contributed by atoms with Gasteiger partial charge < -0.3 is 15.5 Å². The van der Waals surface area contributed by atoms with E-state index in [1.807, 2.05) is 0 Å². The summed E-state index contributed by atoms with van der Waals surface area (Å²) in [5.41, 5.74) is 0.237. The zero-order valence-corrected chi connectivity index (χ0v) is 15.5. The van der Waals surface area contributed by atoms with E-state index >= 15 is 0 Å². The van der Waals surface area contributed by atoms with Crippen LogP contribution in [0, 0.1) is 0 Å². The highest BCUT2D eigenvalue weighted by molar-refractivity contribution is 6.31. The number of carbonyl (C=O) groups excluding carboxylic acids is 1. The van der Waals surface area contributed by atoms with Crippen LogP contribution >= 0.6 is 11.6 Å². The van der Waals surface area contributed by atoms with Crippen molar-refractivity contribution in [2.24, 2.45) is 0 Å². The van der Waals surface area contributed by atoms with Crippen molar-refractivity contribution in [1.82, 2.24) is 5.32 Å². The number of halogens is 4. The number of rotatable bonds is 6. The van der Waals surface area contributed by atoms with Crippen molar-refractivity contribution >= 4 is 23.6 Å². The lowest BCUT2D eigenvalue weighted by atomic mass is 9.84. The van der Waals surface area contributed by atoms with Crippen LogP contribution in [0.25, 0.3) is 6.08 Å². The Kier molecular flexibility index (Phi) is 7.31. The fourth-order valence-corrected chi connectivity index (χ4v) is 3.32. The van der Waals surface area contributed by atoms with Crippen molar-refractivity contribution < 1.29 is 28.2 Å². The number of aliphatic hydroxyl groups is 2. The maximum Gasteiger partial charge on any atom is 0.471 e. The summed E-state index contributed by atoms with van der Waals surface area (Å²) in [7, 11) is 0. The first-order valence-electron chi connectivity index (χ1n) is 8.85. The summed E-state index contributed by atoms with van der Waals surface area (Å²) in [5, 5.41) is 22.7. The second-order valence-corrected chi connectivity index (χ2v) is 7.24. The Morgan fingerprint density at radius 3 is 2.59 bits per heavy atom. The minimum atomic E-state index is -4.95. The summed E-state index contributed by atoms with van der Waals surface area (Å²) >= 11 is 6.08. The fourth-order valence-electron chi connectivity index (χ4n) is 3.08. The topological polar surface area (TPSA) is 69.6 Å². The van der Waals surface area contributed by atoms with Gasteiger partial charge in [0, 0.05) is 11.6 Å². The van der Waals surface area contributed by atoms with Crippen molar-refractivity contribution in [2.75, 3.05) is 6.54 Å². The van der Waals surface area contributed by atoms with E-state index in [2.05, 4.69) is 0 Å². The van der Waals surface area contributed by atoms with Crippen LogP contribution in [0.2, 0.25) is 5.02 Å². The summed E-state index contributed by atoms with van der Waals surface area (Å²) < 4.78 is 36.5. The van der Waals surface area contributed by atoms with E-state index < -0.39 is 23.8 Å². The third-order valence-electron chi connectivity index (χ3n) is 4.65. The molecule has 1 fully saturated rings. The maximum absolute atomic E-state index is 12.2. The van der Waals surface area contributed by atoms with Crippen LogP contribution in [0.1, 0.15) is 55.8 Å². The van der Waals surface area contributed by atoms with Gasteiger partial charge in [0.1, 0.15) is 0 Å². The molecule has 1 aromatic rings. The van der Waals surface area contributed by atoms with E-state index in [-0.39, 0.29) is 18.0 Å². The van der Waals surface area contributed by atoms with Crippen molar-refractivity contribution in [2.45, 2.75) is 56.4 Å². The van der Waals surface area contributed by atoms with Crippen LogP contribution in [0.4, 0.5) is 13.2 Å². The molecule has 2 rings (SSSR count). The van der Waals surface area contributed by atoms with Crippen LogP contribution in [0.3, 0.4) is 0 Å². The third-order valence-corrected chi connectivity index (χ3v) is 4.99. The van der Waals surface area contributed by atoms with Crippen LogP contribution in [0.5, 0.6) is 0 Å². The van der Waals surface area contributed by atoms with Gasteiger partial charge in [-0.05, 0) is 42.5 Å². The Hall–Kier alpha value is -1.57.